The molecule has 1 fully saturated rings. The summed E-state index contributed by atoms with van der Waals surface area (Å²) in [7, 11) is 3.13. The lowest BCUT2D eigenvalue weighted by Crippen LogP contribution is -2.52. The second-order valence-electron chi connectivity index (χ2n) is 5.34. The van der Waals surface area contributed by atoms with Crippen molar-refractivity contribution in [2.24, 2.45) is 14.1 Å². The zero-order chi connectivity index (χ0) is 16.2. The standard InChI is InChI=1S/C12H17N5O5/c1-15-4-17(11-8(20)7(19)5(3-18)22-11)9-6(15)10(21)16(2)12(13)14-9/h4-5,7-8,11,18-19H,3H2,1-2H3,(H2,13,14)/t5-,7-,8-,11-/m1/s1. The van der Waals surface area contributed by atoms with Crippen molar-refractivity contribution in [1.29, 1.82) is 0 Å². The van der Waals surface area contributed by atoms with Gasteiger partial charge >= 0.3 is 11.2 Å². The second kappa shape index (κ2) is 5.02. The van der Waals surface area contributed by atoms with Gasteiger partial charge in [0.1, 0.15) is 6.10 Å². The lowest BCUT2D eigenvalue weighted by atomic mass is 10.1. The van der Waals surface area contributed by atoms with Gasteiger partial charge in [0.25, 0.3) is 5.95 Å². The minimum atomic E-state index is -1.51. The van der Waals surface area contributed by atoms with E-state index in [2.05, 4.69) is 4.98 Å². The highest BCUT2D eigenvalue weighted by Crippen LogP contribution is 2.24. The molecule has 0 aromatic carbocycles. The lowest BCUT2D eigenvalue weighted by Gasteiger charge is -2.23. The van der Waals surface area contributed by atoms with Crippen LogP contribution in [-0.2, 0) is 18.8 Å². The molecule has 3 heterocycles. The molecule has 4 atom stereocenters. The van der Waals surface area contributed by atoms with E-state index in [4.69, 9.17) is 15.6 Å². The minimum Gasteiger partial charge on any atom is -0.846 e. The zero-order valence-corrected chi connectivity index (χ0v) is 12.1. The number of aromatic nitrogens is 4. The predicted molar refractivity (Wildman–Crippen MR) is 71.4 cm³/mol. The Kier molecular flexibility index (Phi) is 3.40. The van der Waals surface area contributed by atoms with Crippen molar-refractivity contribution in [3.05, 3.63) is 16.7 Å². The Morgan fingerprint density at radius 1 is 1.55 bits per heavy atom. The quantitative estimate of drug-likeness (QED) is 0.481. The number of aliphatic hydroxyl groups excluding tert-OH is 2. The lowest BCUT2D eigenvalue weighted by molar-refractivity contribution is -0.764. The predicted octanol–water partition coefficient (Wildman–Crippen LogP) is -3.88. The van der Waals surface area contributed by atoms with Gasteiger partial charge in [-0.3, -0.25) is 13.9 Å². The Morgan fingerprint density at radius 3 is 2.82 bits per heavy atom. The van der Waals surface area contributed by atoms with E-state index in [1.165, 1.54) is 27.1 Å². The first-order chi connectivity index (χ1) is 10.4. The van der Waals surface area contributed by atoms with E-state index in [0.29, 0.717) is 0 Å². The van der Waals surface area contributed by atoms with Crippen LogP contribution in [0.25, 0.3) is 11.2 Å². The van der Waals surface area contributed by atoms with E-state index < -0.39 is 31.1 Å². The molecule has 1 aliphatic heterocycles. The summed E-state index contributed by atoms with van der Waals surface area (Å²) >= 11 is 0. The van der Waals surface area contributed by atoms with Gasteiger partial charge in [-0.25, -0.2) is 4.57 Å². The van der Waals surface area contributed by atoms with Crippen molar-refractivity contribution >= 4 is 17.1 Å². The Labute approximate surface area is 124 Å². The number of imidazole rings is 1. The average molecular weight is 311 g/mol. The molecule has 1 saturated heterocycles. The third-order valence-corrected chi connectivity index (χ3v) is 3.94. The maximum atomic E-state index is 12.3. The van der Waals surface area contributed by atoms with Crippen LogP contribution in [0.2, 0.25) is 0 Å². The largest absolute Gasteiger partial charge is 0.846 e. The van der Waals surface area contributed by atoms with Crippen LogP contribution in [-0.4, -0.2) is 49.3 Å². The van der Waals surface area contributed by atoms with Crippen LogP contribution in [0.15, 0.2) is 11.1 Å². The summed E-state index contributed by atoms with van der Waals surface area (Å²) in [5.41, 5.74) is 5.79. The Hall–Kier alpha value is -2.01. The van der Waals surface area contributed by atoms with E-state index in [1.54, 1.807) is 7.05 Å². The molecule has 120 valence electrons. The normalized spacial score (nSPS) is 28.6. The topological polar surface area (TPSA) is 142 Å². The van der Waals surface area contributed by atoms with Crippen LogP contribution >= 0.6 is 0 Å². The highest BCUT2D eigenvalue weighted by Gasteiger charge is 2.41. The number of aryl methyl sites for hydroxylation is 1. The molecule has 0 bridgehead atoms. The number of anilines is 1. The first-order valence-corrected chi connectivity index (χ1v) is 6.69. The number of nitrogens with two attached hydrogens (primary N) is 1. The molecular weight excluding hydrogens is 294 g/mol. The molecule has 0 saturated carbocycles. The number of hydrogen-bond acceptors (Lipinski definition) is 7. The SMILES string of the molecule is Cn1c(N)nc2c(c1=O)n(C)c[n+]2[C@@H]1O[C@H](CO)[C@@H](O)[C@H]1[O-]. The molecule has 22 heavy (non-hydrogen) atoms. The van der Waals surface area contributed by atoms with Gasteiger partial charge in [0, 0.05) is 7.05 Å². The molecular formula is C12H17N5O5. The smallest absolute Gasteiger partial charge is 0.313 e. The summed E-state index contributed by atoms with van der Waals surface area (Å²) in [5.74, 6) is -0.00264. The van der Waals surface area contributed by atoms with E-state index in [1.807, 2.05) is 0 Å². The molecule has 0 unspecified atom stereocenters. The Morgan fingerprint density at radius 2 is 2.23 bits per heavy atom. The summed E-state index contributed by atoms with van der Waals surface area (Å²) in [6.45, 7) is -0.473. The third-order valence-electron chi connectivity index (χ3n) is 3.94. The minimum absolute atomic E-state index is 0.00264. The van der Waals surface area contributed by atoms with Gasteiger partial charge in [0.2, 0.25) is 5.52 Å². The molecule has 10 heteroatoms. The maximum Gasteiger partial charge on any atom is 0.313 e. The number of rotatable bonds is 2. The average Bonchev–Trinajstić information content (AvgIpc) is 2.95. The molecule has 0 aliphatic carbocycles. The third kappa shape index (κ3) is 1.92. The molecule has 10 nitrogen and oxygen atoms in total. The zero-order valence-electron chi connectivity index (χ0n) is 12.1. The van der Waals surface area contributed by atoms with Crippen LogP contribution in [0.4, 0.5) is 5.95 Å². The molecule has 2 aromatic rings. The highest BCUT2D eigenvalue weighted by molar-refractivity contribution is 5.67. The number of hydrogen-bond donors (Lipinski definition) is 3. The van der Waals surface area contributed by atoms with Gasteiger partial charge in [0.15, 0.2) is 12.6 Å². The van der Waals surface area contributed by atoms with Gasteiger partial charge < -0.3 is 25.8 Å². The summed E-state index contributed by atoms with van der Waals surface area (Å²) in [4.78, 5) is 16.4. The molecule has 0 radical (unpaired) electrons. The van der Waals surface area contributed by atoms with Gasteiger partial charge in [0.05, 0.1) is 19.8 Å². The molecule has 0 spiro atoms. The van der Waals surface area contributed by atoms with Crippen molar-refractivity contribution < 1.29 is 24.6 Å². The first-order valence-electron chi connectivity index (χ1n) is 6.69. The van der Waals surface area contributed by atoms with Crippen LogP contribution in [0.3, 0.4) is 0 Å². The Bertz CT molecular complexity index is 784. The van der Waals surface area contributed by atoms with Crippen molar-refractivity contribution in [2.45, 2.75) is 24.5 Å². The van der Waals surface area contributed by atoms with Gasteiger partial charge in [-0.2, -0.15) is 0 Å². The van der Waals surface area contributed by atoms with Gasteiger partial charge in [-0.1, -0.05) is 4.98 Å². The number of ether oxygens (including phenoxy) is 1. The fourth-order valence-corrected chi connectivity index (χ4v) is 2.66. The second-order valence-corrected chi connectivity index (χ2v) is 5.34. The van der Waals surface area contributed by atoms with E-state index in [-0.39, 0.29) is 22.7 Å². The van der Waals surface area contributed by atoms with Crippen LogP contribution < -0.4 is 21.0 Å². The van der Waals surface area contributed by atoms with E-state index >= 15 is 0 Å². The van der Waals surface area contributed by atoms with Crippen molar-refractivity contribution in [3.63, 3.8) is 0 Å². The van der Waals surface area contributed by atoms with E-state index in [0.717, 1.165) is 0 Å². The summed E-state index contributed by atoms with van der Waals surface area (Å²) in [5, 5.41) is 31.1. The number of nitrogen functional groups attached to an aromatic ring is 1. The monoisotopic (exact) mass is 311 g/mol. The van der Waals surface area contributed by atoms with Gasteiger partial charge in [-0.15, -0.1) is 0 Å². The van der Waals surface area contributed by atoms with Crippen molar-refractivity contribution in [2.75, 3.05) is 12.3 Å². The van der Waals surface area contributed by atoms with Gasteiger partial charge in [-0.05, 0) is 6.10 Å². The van der Waals surface area contributed by atoms with Crippen LogP contribution in [0.1, 0.15) is 6.23 Å². The summed E-state index contributed by atoms with van der Waals surface area (Å²) < 4.78 is 9.47. The number of aliphatic hydroxyl groups is 2. The summed E-state index contributed by atoms with van der Waals surface area (Å²) in [6.07, 6.45) is -3.43. The van der Waals surface area contributed by atoms with Crippen LogP contribution in [0, 0.1) is 0 Å². The highest BCUT2D eigenvalue weighted by atomic mass is 16.6. The fraction of sp³-hybridized carbons (Fsp3) is 0.583. The first kappa shape index (κ1) is 14.9. The number of fused-ring (bicyclic) bond motifs is 1. The van der Waals surface area contributed by atoms with Crippen molar-refractivity contribution in [1.82, 2.24) is 14.1 Å². The molecule has 4 N–H and O–H groups in total. The summed E-state index contributed by atoms with van der Waals surface area (Å²) in [6, 6.07) is 0. The fourth-order valence-electron chi connectivity index (χ4n) is 2.66. The molecule has 3 rings (SSSR count). The van der Waals surface area contributed by atoms with Crippen LogP contribution in [0.5, 0.6) is 0 Å². The maximum absolute atomic E-state index is 12.3. The molecule has 2 aromatic heterocycles. The Balaban J connectivity index is 2.19. The molecule has 0 amide bonds. The van der Waals surface area contributed by atoms with Crippen molar-refractivity contribution in [3.8, 4) is 0 Å². The van der Waals surface area contributed by atoms with E-state index in [9.17, 15) is 15.0 Å². The number of nitrogens with zero attached hydrogens (tertiary/aromatic N) is 4. The molecule has 1 aliphatic rings.